The first-order valence-corrected chi connectivity index (χ1v) is 6.49. The summed E-state index contributed by atoms with van der Waals surface area (Å²) in [6, 6.07) is 3.91. The second-order valence-electron chi connectivity index (χ2n) is 3.61. The van der Waals surface area contributed by atoms with E-state index in [4.69, 9.17) is 4.74 Å². The van der Waals surface area contributed by atoms with Crippen LogP contribution < -0.4 is 5.32 Å². The number of rotatable bonds is 6. The molecule has 1 aromatic rings. The summed E-state index contributed by atoms with van der Waals surface area (Å²) in [5.41, 5.74) is 0. The summed E-state index contributed by atoms with van der Waals surface area (Å²) < 4.78 is 4.75. The number of esters is 1. The minimum Gasteiger partial charge on any atom is -0.466 e. The Kier molecular flexibility index (Phi) is 5.69. The van der Waals surface area contributed by atoms with Crippen molar-refractivity contribution in [2.75, 3.05) is 6.61 Å². The van der Waals surface area contributed by atoms with E-state index in [1.165, 1.54) is 0 Å². The molecule has 1 aromatic heterocycles. The Balaban J connectivity index is 2.28. The number of ether oxygens (including phenoxy) is 1. The monoisotopic (exact) mass is 255 g/mol. The van der Waals surface area contributed by atoms with Crippen molar-refractivity contribution >= 4 is 23.2 Å². The van der Waals surface area contributed by atoms with Crippen LogP contribution in [0.1, 0.15) is 37.6 Å². The molecular weight excluding hydrogens is 238 g/mol. The zero-order valence-corrected chi connectivity index (χ0v) is 10.9. The van der Waals surface area contributed by atoms with Crippen LogP contribution in [-0.2, 0) is 14.3 Å². The van der Waals surface area contributed by atoms with E-state index in [0.29, 0.717) is 6.61 Å². The summed E-state index contributed by atoms with van der Waals surface area (Å²) in [4.78, 5) is 23.7. The summed E-state index contributed by atoms with van der Waals surface area (Å²) in [5.74, 6) is -0.453. The van der Waals surface area contributed by atoms with E-state index in [9.17, 15) is 9.59 Å². The van der Waals surface area contributed by atoms with E-state index >= 15 is 0 Å². The van der Waals surface area contributed by atoms with E-state index in [1.807, 2.05) is 24.4 Å². The Bertz CT molecular complexity index is 362. The van der Waals surface area contributed by atoms with Crippen LogP contribution in [-0.4, -0.2) is 18.5 Å². The van der Waals surface area contributed by atoms with Crippen LogP contribution in [0.3, 0.4) is 0 Å². The van der Waals surface area contributed by atoms with Gasteiger partial charge in [-0.2, -0.15) is 0 Å². The van der Waals surface area contributed by atoms with E-state index in [1.54, 1.807) is 18.3 Å². The molecule has 94 valence electrons. The highest BCUT2D eigenvalue weighted by Crippen LogP contribution is 2.18. The fraction of sp³-hybridized carbons (Fsp3) is 0.500. The van der Waals surface area contributed by atoms with Crippen LogP contribution in [0, 0.1) is 0 Å². The molecule has 0 unspecified atom stereocenters. The van der Waals surface area contributed by atoms with Crippen LogP contribution in [0.5, 0.6) is 0 Å². The molecule has 0 saturated carbocycles. The SMILES string of the molecule is CCOC(=O)CCC(=O)N[C@H](C)c1cccs1. The molecule has 4 nitrogen and oxygen atoms in total. The van der Waals surface area contributed by atoms with Gasteiger partial charge < -0.3 is 10.1 Å². The van der Waals surface area contributed by atoms with E-state index in [0.717, 1.165) is 4.88 Å². The van der Waals surface area contributed by atoms with Crippen LogP contribution in [0.4, 0.5) is 0 Å². The predicted molar refractivity (Wildman–Crippen MR) is 66.7 cm³/mol. The van der Waals surface area contributed by atoms with Gasteiger partial charge in [0.1, 0.15) is 0 Å². The lowest BCUT2D eigenvalue weighted by Gasteiger charge is -2.11. The Labute approximate surface area is 105 Å². The highest BCUT2D eigenvalue weighted by molar-refractivity contribution is 7.10. The molecule has 17 heavy (non-hydrogen) atoms. The quantitative estimate of drug-likeness (QED) is 0.793. The minimum atomic E-state index is -0.327. The van der Waals surface area contributed by atoms with Crippen LogP contribution >= 0.6 is 11.3 Å². The lowest BCUT2D eigenvalue weighted by Crippen LogP contribution is -2.26. The largest absolute Gasteiger partial charge is 0.466 e. The fourth-order valence-electron chi connectivity index (χ4n) is 1.37. The lowest BCUT2D eigenvalue weighted by atomic mass is 10.2. The van der Waals surface area contributed by atoms with Gasteiger partial charge in [-0.05, 0) is 25.3 Å². The molecule has 1 N–H and O–H groups in total. The molecule has 0 aliphatic carbocycles. The number of hydrogen-bond acceptors (Lipinski definition) is 4. The Morgan fingerprint density at radius 1 is 1.47 bits per heavy atom. The zero-order chi connectivity index (χ0) is 12.7. The lowest BCUT2D eigenvalue weighted by molar-refractivity contribution is -0.144. The summed E-state index contributed by atoms with van der Waals surface area (Å²) in [7, 11) is 0. The molecule has 0 fully saturated rings. The van der Waals surface area contributed by atoms with E-state index < -0.39 is 0 Å². The Hall–Kier alpha value is -1.36. The van der Waals surface area contributed by atoms with Gasteiger partial charge in [0.2, 0.25) is 5.91 Å². The second-order valence-corrected chi connectivity index (χ2v) is 4.59. The molecule has 1 rings (SSSR count). The standard InChI is InChI=1S/C12H17NO3S/c1-3-16-12(15)7-6-11(14)13-9(2)10-5-4-8-17-10/h4-5,8-9H,3,6-7H2,1-2H3,(H,13,14)/t9-/m1/s1. The molecule has 5 heteroatoms. The number of carbonyl (C=O) groups excluding carboxylic acids is 2. The third-order valence-corrected chi connectivity index (χ3v) is 3.26. The van der Waals surface area contributed by atoms with Crippen molar-refractivity contribution < 1.29 is 14.3 Å². The van der Waals surface area contributed by atoms with Crippen molar-refractivity contribution in [3.8, 4) is 0 Å². The molecule has 0 saturated heterocycles. The van der Waals surface area contributed by atoms with Gasteiger partial charge >= 0.3 is 5.97 Å². The summed E-state index contributed by atoms with van der Waals surface area (Å²) in [6.07, 6.45) is 0.311. The molecular formula is C12H17NO3S. The maximum atomic E-state index is 11.5. The molecule has 1 atom stereocenters. The van der Waals surface area contributed by atoms with Crippen LogP contribution in [0.25, 0.3) is 0 Å². The molecule has 0 spiro atoms. The van der Waals surface area contributed by atoms with E-state index in [2.05, 4.69) is 5.32 Å². The van der Waals surface area contributed by atoms with Gasteiger partial charge in [0.25, 0.3) is 0 Å². The van der Waals surface area contributed by atoms with Gasteiger partial charge in [-0.1, -0.05) is 6.07 Å². The molecule has 0 radical (unpaired) electrons. The molecule has 0 aliphatic rings. The first-order valence-electron chi connectivity index (χ1n) is 5.62. The first kappa shape index (κ1) is 13.7. The zero-order valence-electron chi connectivity index (χ0n) is 10.1. The first-order chi connectivity index (χ1) is 8.13. The Morgan fingerprint density at radius 2 is 2.24 bits per heavy atom. The molecule has 0 aromatic carbocycles. The summed E-state index contributed by atoms with van der Waals surface area (Å²) in [6.45, 7) is 4.02. The van der Waals surface area contributed by atoms with Crippen molar-refractivity contribution in [3.05, 3.63) is 22.4 Å². The fourth-order valence-corrected chi connectivity index (χ4v) is 2.11. The molecule has 0 bridgehead atoms. The maximum Gasteiger partial charge on any atom is 0.306 e. The average Bonchev–Trinajstić information content (AvgIpc) is 2.80. The van der Waals surface area contributed by atoms with Crippen molar-refractivity contribution in [2.24, 2.45) is 0 Å². The summed E-state index contributed by atoms with van der Waals surface area (Å²) in [5, 5.41) is 4.81. The smallest absolute Gasteiger partial charge is 0.306 e. The Morgan fingerprint density at radius 3 is 2.82 bits per heavy atom. The van der Waals surface area contributed by atoms with Crippen molar-refractivity contribution in [3.63, 3.8) is 0 Å². The van der Waals surface area contributed by atoms with Crippen LogP contribution in [0.15, 0.2) is 17.5 Å². The number of thiophene rings is 1. The van der Waals surface area contributed by atoms with Gasteiger partial charge in [0, 0.05) is 11.3 Å². The molecule has 1 amide bonds. The second kappa shape index (κ2) is 7.06. The van der Waals surface area contributed by atoms with Crippen molar-refractivity contribution in [2.45, 2.75) is 32.7 Å². The number of carbonyl (C=O) groups is 2. The third-order valence-electron chi connectivity index (χ3n) is 2.21. The average molecular weight is 255 g/mol. The molecule has 1 heterocycles. The van der Waals surface area contributed by atoms with Gasteiger partial charge in [-0.3, -0.25) is 9.59 Å². The van der Waals surface area contributed by atoms with Gasteiger partial charge in [-0.15, -0.1) is 11.3 Å². The number of amides is 1. The highest BCUT2D eigenvalue weighted by Gasteiger charge is 2.12. The predicted octanol–water partition coefficient (Wildman–Crippen LogP) is 2.27. The van der Waals surface area contributed by atoms with Gasteiger partial charge in [0.15, 0.2) is 0 Å². The number of nitrogens with one attached hydrogen (secondary N) is 1. The van der Waals surface area contributed by atoms with Crippen molar-refractivity contribution in [1.29, 1.82) is 0 Å². The summed E-state index contributed by atoms with van der Waals surface area (Å²) >= 11 is 1.60. The minimum absolute atomic E-state index is 0.00954. The third kappa shape index (κ3) is 4.99. The van der Waals surface area contributed by atoms with E-state index in [-0.39, 0.29) is 30.8 Å². The topological polar surface area (TPSA) is 55.4 Å². The van der Waals surface area contributed by atoms with Crippen molar-refractivity contribution in [1.82, 2.24) is 5.32 Å². The normalized spacial score (nSPS) is 11.9. The number of hydrogen-bond donors (Lipinski definition) is 1. The highest BCUT2D eigenvalue weighted by atomic mass is 32.1. The van der Waals surface area contributed by atoms with Crippen LogP contribution in [0.2, 0.25) is 0 Å². The maximum absolute atomic E-state index is 11.5. The molecule has 0 aliphatic heterocycles. The van der Waals surface area contributed by atoms with Gasteiger partial charge in [0.05, 0.1) is 19.1 Å². The van der Waals surface area contributed by atoms with Gasteiger partial charge in [-0.25, -0.2) is 0 Å².